The Balaban J connectivity index is 2.20. The monoisotopic (exact) mass is 383 g/mol. The van der Waals surface area contributed by atoms with Crippen molar-refractivity contribution in [2.75, 3.05) is 6.54 Å². The average Bonchev–Trinajstić information content (AvgIpc) is 2.44. The van der Waals surface area contributed by atoms with Gasteiger partial charge in [0.25, 0.3) is 5.91 Å². The number of nitrogens with zero attached hydrogens (tertiary/aromatic N) is 1. The summed E-state index contributed by atoms with van der Waals surface area (Å²) in [6.45, 7) is 2.92. The van der Waals surface area contributed by atoms with Crippen molar-refractivity contribution < 1.29 is 9.18 Å². The zero-order valence-corrected chi connectivity index (χ0v) is 13.3. The van der Waals surface area contributed by atoms with Gasteiger partial charge in [0.05, 0.1) is 5.56 Å². The summed E-state index contributed by atoms with van der Waals surface area (Å²) in [5.74, 6) is -0.304. The van der Waals surface area contributed by atoms with Crippen molar-refractivity contribution in [3.8, 4) is 0 Å². The smallest absolute Gasteiger partial charge is 0.255 e. The third-order valence-electron chi connectivity index (χ3n) is 3.04. The Labute approximate surface area is 131 Å². The fraction of sp³-hybridized carbons (Fsp3) is 0.188. The summed E-state index contributed by atoms with van der Waals surface area (Å²) in [7, 11) is 0. The van der Waals surface area contributed by atoms with Crippen LogP contribution in [0.15, 0.2) is 48.5 Å². The fourth-order valence-corrected chi connectivity index (χ4v) is 2.61. The molecule has 0 N–H and O–H groups in total. The number of hydrogen-bond acceptors (Lipinski definition) is 1. The van der Waals surface area contributed by atoms with E-state index in [2.05, 4.69) is 22.6 Å². The molecule has 0 unspecified atom stereocenters. The van der Waals surface area contributed by atoms with E-state index in [1.54, 1.807) is 11.0 Å². The van der Waals surface area contributed by atoms with Crippen molar-refractivity contribution in [2.45, 2.75) is 13.5 Å². The number of amides is 1. The van der Waals surface area contributed by atoms with Crippen LogP contribution >= 0.6 is 22.6 Å². The van der Waals surface area contributed by atoms with Gasteiger partial charge in [0, 0.05) is 16.7 Å². The van der Waals surface area contributed by atoms with Crippen LogP contribution in [0.25, 0.3) is 0 Å². The molecule has 2 aromatic carbocycles. The van der Waals surface area contributed by atoms with E-state index in [9.17, 15) is 9.18 Å². The summed E-state index contributed by atoms with van der Waals surface area (Å²) in [5.41, 5.74) is 1.48. The first-order chi connectivity index (χ1) is 9.61. The van der Waals surface area contributed by atoms with Gasteiger partial charge >= 0.3 is 0 Å². The first-order valence-electron chi connectivity index (χ1n) is 6.40. The zero-order chi connectivity index (χ0) is 14.5. The first kappa shape index (κ1) is 15.0. The van der Waals surface area contributed by atoms with Crippen LogP contribution in [0.1, 0.15) is 22.8 Å². The van der Waals surface area contributed by atoms with E-state index >= 15 is 0 Å². The SMILES string of the molecule is CCN(Cc1cccc(F)c1)C(=O)c1ccccc1I. The number of carbonyl (C=O) groups excluding carboxylic acids is 1. The highest BCUT2D eigenvalue weighted by molar-refractivity contribution is 14.1. The molecule has 0 saturated carbocycles. The van der Waals surface area contributed by atoms with Gasteiger partial charge in [-0.1, -0.05) is 24.3 Å². The van der Waals surface area contributed by atoms with E-state index in [-0.39, 0.29) is 11.7 Å². The molecule has 0 aliphatic carbocycles. The summed E-state index contributed by atoms with van der Waals surface area (Å²) in [6.07, 6.45) is 0. The standard InChI is InChI=1S/C16H15FINO/c1-2-19(11-12-6-5-7-13(17)10-12)16(20)14-8-3-4-9-15(14)18/h3-10H,2,11H2,1H3. The maximum atomic E-state index is 13.2. The van der Waals surface area contributed by atoms with Crippen molar-refractivity contribution in [1.29, 1.82) is 0 Å². The number of halogens is 2. The molecule has 0 spiro atoms. The van der Waals surface area contributed by atoms with E-state index in [4.69, 9.17) is 0 Å². The number of rotatable bonds is 4. The van der Waals surface area contributed by atoms with Crippen LogP contribution in [-0.2, 0) is 6.54 Å². The molecular weight excluding hydrogens is 368 g/mol. The lowest BCUT2D eigenvalue weighted by Crippen LogP contribution is -2.30. The molecule has 0 aromatic heterocycles. The van der Waals surface area contributed by atoms with Crippen LogP contribution < -0.4 is 0 Å². The van der Waals surface area contributed by atoms with Gasteiger partial charge in [-0.15, -0.1) is 0 Å². The van der Waals surface area contributed by atoms with Crippen LogP contribution in [0.2, 0.25) is 0 Å². The quantitative estimate of drug-likeness (QED) is 0.729. The topological polar surface area (TPSA) is 20.3 Å². The van der Waals surface area contributed by atoms with E-state index in [1.165, 1.54) is 12.1 Å². The molecule has 2 rings (SSSR count). The lowest BCUT2D eigenvalue weighted by Gasteiger charge is -2.21. The maximum Gasteiger partial charge on any atom is 0.255 e. The molecular formula is C16H15FINO. The molecule has 0 bridgehead atoms. The normalized spacial score (nSPS) is 10.3. The minimum Gasteiger partial charge on any atom is -0.335 e. The minimum atomic E-state index is -0.278. The Morgan fingerprint density at radius 1 is 1.20 bits per heavy atom. The van der Waals surface area contributed by atoms with E-state index in [1.807, 2.05) is 37.3 Å². The van der Waals surface area contributed by atoms with E-state index in [0.29, 0.717) is 18.7 Å². The van der Waals surface area contributed by atoms with Gasteiger partial charge in [0.1, 0.15) is 5.82 Å². The molecule has 1 amide bonds. The Morgan fingerprint density at radius 3 is 2.60 bits per heavy atom. The highest BCUT2D eigenvalue weighted by Gasteiger charge is 2.16. The van der Waals surface area contributed by atoms with E-state index in [0.717, 1.165) is 9.13 Å². The average molecular weight is 383 g/mol. The lowest BCUT2D eigenvalue weighted by molar-refractivity contribution is 0.0751. The molecule has 0 aliphatic heterocycles. The van der Waals surface area contributed by atoms with Gasteiger partial charge in [0.15, 0.2) is 0 Å². The van der Waals surface area contributed by atoms with Crippen LogP contribution in [0.5, 0.6) is 0 Å². The highest BCUT2D eigenvalue weighted by atomic mass is 127. The van der Waals surface area contributed by atoms with Crippen molar-refractivity contribution in [3.05, 3.63) is 69.0 Å². The Morgan fingerprint density at radius 2 is 1.95 bits per heavy atom. The maximum absolute atomic E-state index is 13.2. The van der Waals surface area contributed by atoms with Gasteiger partial charge in [0.2, 0.25) is 0 Å². The minimum absolute atomic E-state index is 0.0261. The molecule has 104 valence electrons. The summed E-state index contributed by atoms with van der Waals surface area (Å²) in [5, 5.41) is 0. The molecule has 0 saturated heterocycles. The first-order valence-corrected chi connectivity index (χ1v) is 7.48. The van der Waals surface area contributed by atoms with Crippen molar-refractivity contribution in [1.82, 2.24) is 4.90 Å². The van der Waals surface area contributed by atoms with Crippen LogP contribution in [0, 0.1) is 9.39 Å². The number of benzene rings is 2. The molecule has 2 aromatic rings. The van der Waals surface area contributed by atoms with Crippen molar-refractivity contribution in [2.24, 2.45) is 0 Å². The van der Waals surface area contributed by atoms with Crippen molar-refractivity contribution >= 4 is 28.5 Å². The third kappa shape index (κ3) is 3.56. The Bertz CT molecular complexity index is 615. The van der Waals surface area contributed by atoms with Gasteiger partial charge in [-0.25, -0.2) is 4.39 Å². The highest BCUT2D eigenvalue weighted by Crippen LogP contribution is 2.16. The summed E-state index contributed by atoms with van der Waals surface area (Å²) >= 11 is 2.15. The lowest BCUT2D eigenvalue weighted by atomic mass is 10.1. The summed E-state index contributed by atoms with van der Waals surface area (Å²) < 4.78 is 14.1. The van der Waals surface area contributed by atoms with Gasteiger partial charge < -0.3 is 4.90 Å². The second kappa shape index (κ2) is 6.83. The molecule has 2 nitrogen and oxygen atoms in total. The molecule has 0 fully saturated rings. The summed E-state index contributed by atoms with van der Waals surface area (Å²) in [4.78, 5) is 14.2. The molecule has 0 aliphatic rings. The second-order valence-electron chi connectivity index (χ2n) is 4.43. The molecule has 0 radical (unpaired) electrons. The number of carbonyl (C=O) groups is 1. The van der Waals surface area contributed by atoms with Crippen LogP contribution in [0.3, 0.4) is 0 Å². The molecule has 20 heavy (non-hydrogen) atoms. The zero-order valence-electron chi connectivity index (χ0n) is 11.1. The largest absolute Gasteiger partial charge is 0.335 e. The predicted molar refractivity (Wildman–Crippen MR) is 86.0 cm³/mol. The molecule has 4 heteroatoms. The van der Waals surface area contributed by atoms with Crippen LogP contribution in [-0.4, -0.2) is 17.4 Å². The molecule has 0 heterocycles. The molecule has 0 atom stereocenters. The Kier molecular flexibility index (Phi) is 5.11. The van der Waals surface area contributed by atoms with Gasteiger partial charge in [-0.05, 0) is 59.3 Å². The second-order valence-corrected chi connectivity index (χ2v) is 5.59. The number of hydrogen-bond donors (Lipinski definition) is 0. The van der Waals surface area contributed by atoms with Crippen LogP contribution in [0.4, 0.5) is 4.39 Å². The van der Waals surface area contributed by atoms with Gasteiger partial charge in [-0.3, -0.25) is 4.79 Å². The Hall–Kier alpha value is -1.43. The van der Waals surface area contributed by atoms with E-state index < -0.39 is 0 Å². The van der Waals surface area contributed by atoms with Crippen molar-refractivity contribution in [3.63, 3.8) is 0 Å². The fourth-order valence-electron chi connectivity index (χ4n) is 1.99. The van der Waals surface area contributed by atoms with Gasteiger partial charge in [-0.2, -0.15) is 0 Å². The summed E-state index contributed by atoms with van der Waals surface area (Å²) in [6, 6.07) is 13.8. The third-order valence-corrected chi connectivity index (χ3v) is 3.98. The predicted octanol–water partition coefficient (Wildman–Crippen LogP) is 4.09.